The number of hydrogen-bond acceptors (Lipinski definition) is 5. The van der Waals surface area contributed by atoms with Crippen LogP contribution in [0.1, 0.15) is 18.4 Å². The SMILES string of the molecule is Cl.O=C(NCC1CNCC1O)C1CCCN(c2ncccc2C(F)(F)F)C1. The number of aliphatic hydroxyl groups is 1. The highest BCUT2D eigenvalue weighted by Gasteiger charge is 2.37. The van der Waals surface area contributed by atoms with E-state index in [4.69, 9.17) is 0 Å². The number of pyridine rings is 1. The summed E-state index contributed by atoms with van der Waals surface area (Å²) in [5.74, 6) is -0.726. The van der Waals surface area contributed by atoms with Crippen molar-refractivity contribution < 1.29 is 23.1 Å². The summed E-state index contributed by atoms with van der Waals surface area (Å²) in [6, 6.07) is 2.28. The quantitative estimate of drug-likeness (QED) is 0.702. The van der Waals surface area contributed by atoms with E-state index >= 15 is 0 Å². The number of carbonyl (C=O) groups is 1. The van der Waals surface area contributed by atoms with Crippen molar-refractivity contribution in [1.29, 1.82) is 0 Å². The minimum absolute atomic E-state index is 0. The first-order valence-corrected chi connectivity index (χ1v) is 8.80. The van der Waals surface area contributed by atoms with Crippen LogP contribution in [0.15, 0.2) is 18.3 Å². The largest absolute Gasteiger partial charge is 0.419 e. The molecule has 0 aliphatic carbocycles. The van der Waals surface area contributed by atoms with Crippen LogP contribution in [0.2, 0.25) is 0 Å². The number of amides is 1. The zero-order chi connectivity index (χ0) is 18.7. The van der Waals surface area contributed by atoms with Crippen molar-refractivity contribution in [1.82, 2.24) is 15.6 Å². The molecule has 2 aliphatic rings. The van der Waals surface area contributed by atoms with Gasteiger partial charge in [0.2, 0.25) is 5.91 Å². The Bertz CT molecular complexity index is 647. The van der Waals surface area contributed by atoms with Crippen LogP contribution in [0, 0.1) is 11.8 Å². The molecule has 3 N–H and O–H groups in total. The standard InChI is InChI=1S/C17H23F3N4O2.ClH/c18-17(19,20)13-4-1-5-22-15(13)24-6-2-3-11(10-24)16(26)23-8-12-7-21-9-14(12)25;/h1,4-5,11-12,14,21,25H,2-3,6-10H2,(H,23,26);1H. The maximum absolute atomic E-state index is 13.2. The molecule has 10 heteroatoms. The predicted molar refractivity (Wildman–Crippen MR) is 96.8 cm³/mol. The van der Waals surface area contributed by atoms with E-state index in [-0.39, 0.29) is 36.6 Å². The van der Waals surface area contributed by atoms with Gasteiger partial charge in [-0.1, -0.05) is 0 Å². The Morgan fingerprint density at radius 2 is 2.19 bits per heavy atom. The second-order valence-electron chi connectivity index (χ2n) is 6.89. The number of aliphatic hydroxyl groups excluding tert-OH is 1. The predicted octanol–water partition coefficient (Wildman–Crippen LogP) is 1.44. The summed E-state index contributed by atoms with van der Waals surface area (Å²) >= 11 is 0. The highest BCUT2D eigenvalue weighted by molar-refractivity contribution is 5.85. The lowest BCUT2D eigenvalue weighted by Crippen LogP contribution is -2.45. The Balaban J connectivity index is 0.00000261. The first-order valence-electron chi connectivity index (χ1n) is 8.80. The third-order valence-electron chi connectivity index (χ3n) is 5.03. The first-order chi connectivity index (χ1) is 12.4. The van der Waals surface area contributed by atoms with Crippen LogP contribution in [0.3, 0.4) is 0 Å². The summed E-state index contributed by atoms with van der Waals surface area (Å²) < 4.78 is 39.6. The van der Waals surface area contributed by atoms with Crippen LogP contribution >= 0.6 is 12.4 Å². The number of piperidine rings is 1. The zero-order valence-corrected chi connectivity index (χ0v) is 15.5. The highest BCUT2D eigenvalue weighted by Crippen LogP contribution is 2.36. The number of nitrogens with one attached hydrogen (secondary N) is 2. The Labute approximate surface area is 161 Å². The van der Waals surface area contributed by atoms with E-state index < -0.39 is 23.8 Å². The molecule has 3 heterocycles. The fourth-order valence-electron chi connectivity index (χ4n) is 3.56. The van der Waals surface area contributed by atoms with Crippen LogP contribution in [-0.2, 0) is 11.0 Å². The molecule has 152 valence electrons. The van der Waals surface area contributed by atoms with Crippen LogP contribution in [0.25, 0.3) is 0 Å². The van der Waals surface area contributed by atoms with Crippen LogP contribution in [0.4, 0.5) is 19.0 Å². The van der Waals surface area contributed by atoms with Crippen molar-refractivity contribution in [3.63, 3.8) is 0 Å². The molecule has 1 amide bonds. The van der Waals surface area contributed by atoms with E-state index in [1.165, 1.54) is 12.3 Å². The van der Waals surface area contributed by atoms with Gasteiger partial charge in [0.1, 0.15) is 5.82 Å². The molecule has 3 atom stereocenters. The lowest BCUT2D eigenvalue weighted by molar-refractivity contribution is -0.137. The lowest BCUT2D eigenvalue weighted by atomic mass is 9.96. The van der Waals surface area contributed by atoms with E-state index in [0.717, 1.165) is 6.07 Å². The van der Waals surface area contributed by atoms with Crippen LogP contribution < -0.4 is 15.5 Å². The number of β-amino-alcohol motifs (C(OH)–C–C–N with tert-alkyl or cyclic N) is 1. The molecule has 1 aromatic heterocycles. The molecule has 2 fully saturated rings. The molecule has 3 rings (SSSR count). The molecular weight excluding hydrogens is 385 g/mol. The van der Waals surface area contributed by atoms with Gasteiger partial charge < -0.3 is 20.6 Å². The molecule has 0 bridgehead atoms. The van der Waals surface area contributed by atoms with Crippen molar-refractivity contribution in [2.24, 2.45) is 11.8 Å². The molecule has 27 heavy (non-hydrogen) atoms. The average molecular weight is 409 g/mol. The number of aromatic nitrogens is 1. The smallest absolute Gasteiger partial charge is 0.391 e. The van der Waals surface area contributed by atoms with Gasteiger partial charge in [-0.2, -0.15) is 13.2 Å². The molecule has 0 aromatic carbocycles. The minimum atomic E-state index is -4.48. The Kier molecular flexibility index (Phi) is 7.30. The Hall–Kier alpha value is -1.58. The van der Waals surface area contributed by atoms with Gasteiger partial charge in [0.25, 0.3) is 0 Å². The first kappa shape index (κ1) is 21.7. The van der Waals surface area contributed by atoms with Crippen molar-refractivity contribution in [3.8, 4) is 0 Å². The van der Waals surface area contributed by atoms with Gasteiger partial charge in [-0.15, -0.1) is 12.4 Å². The molecule has 1 aromatic rings. The van der Waals surface area contributed by atoms with Crippen LogP contribution in [-0.4, -0.2) is 54.8 Å². The fourth-order valence-corrected chi connectivity index (χ4v) is 3.56. The maximum atomic E-state index is 13.2. The van der Waals surface area contributed by atoms with Gasteiger partial charge in [0.15, 0.2) is 0 Å². The number of rotatable bonds is 4. The van der Waals surface area contributed by atoms with E-state index in [0.29, 0.717) is 39.0 Å². The summed E-state index contributed by atoms with van der Waals surface area (Å²) in [5, 5.41) is 15.7. The molecule has 0 radical (unpaired) electrons. The van der Waals surface area contributed by atoms with E-state index in [9.17, 15) is 23.1 Å². The molecule has 2 aliphatic heterocycles. The van der Waals surface area contributed by atoms with Crippen molar-refractivity contribution in [2.45, 2.75) is 25.1 Å². The summed E-state index contributed by atoms with van der Waals surface area (Å²) in [6.07, 6.45) is -2.38. The Morgan fingerprint density at radius 3 is 2.85 bits per heavy atom. The number of nitrogens with zero attached hydrogens (tertiary/aromatic N) is 2. The van der Waals surface area contributed by atoms with Gasteiger partial charge in [-0.05, 0) is 25.0 Å². The molecule has 0 saturated carbocycles. The number of carbonyl (C=O) groups excluding carboxylic acids is 1. The second kappa shape index (κ2) is 9.07. The van der Waals surface area contributed by atoms with Crippen molar-refractivity contribution in [3.05, 3.63) is 23.9 Å². The third-order valence-corrected chi connectivity index (χ3v) is 5.03. The monoisotopic (exact) mass is 408 g/mol. The zero-order valence-electron chi connectivity index (χ0n) is 14.7. The van der Waals surface area contributed by atoms with Gasteiger partial charge >= 0.3 is 6.18 Å². The molecule has 0 spiro atoms. The topological polar surface area (TPSA) is 77.5 Å². The van der Waals surface area contributed by atoms with E-state index in [2.05, 4.69) is 15.6 Å². The van der Waals surface area contributed by atoms with Gasteiger partial charge in [0.05, 0.1) is 17.6 Å². The average Bonchev–Trinajstić information content (AvgIpc) is 3.04. The van der Waals surface area contributed by atoms with Crippen LogP contribution in [0.5, 0.6) is 0 Å². The van der Waals surface area contributed by atoms with E-state index in [1.807, 2.05) is 0 Å². The van der Waals surface area contributed by atoms with Crippen molar-refractivity contribution in [2.75, 3.05) is 37.6 Å². The second-order valence-corrected chi connectivity index (χ2v) is 6.89. The number of alkyl halides is 3. The normalized spacial score (nSPS) is 25.8. The highest BCUT2D eigenvalue weighted by atomic mass is 35.5. The summed E-state index contributed by atoms with van der Waals surface area (Å²) in [4.78, 5) is 17.9. The third kappa shape index (κ3) is 5.24. The number of halogens is 4. The van der Waals surface area contributed by atoms with Crippen molar-refractivity contribution >= 4 is 24.1 Å². The van der Waals surface area contributed by atoms with Gasteiger partial charge in [-0.25, -0.2) is 4.98 Å². The minimum Gasteiger partial charge on any atom is -0.391 e. The van der Waals surface area contributed by atoms with Gasteiger partial charge in [-0.3, -0.25) is 4.79 Å². The Morgan fingerprint density at radius 1 is 1.41 bits per heavy atom. The summed E-state index contributed by atoms with van der Waals surface area (Å²) in [6.45, 7) is 2.16. The maximum Gasteiger partial charge on any atom is 0.419 e. The molecule has 6 nitrogen and oxygen atoms in total. The summed E-state index contributed by atoms with van der Waals surface area (Å²) in [7, 11) is 0. The molecule has 2 saturated heterocycles. The number of hydrogen-bond donors (Lipinski definition) is 3. The molecular formula is C17H24ClF3N4O2. The summed E-state index contributed by atoms with van der Waals surface area (Å²) in [5.41, 5.74) is -0.777. The van der Waals surface area contributed by atoms with Gasteiger partial charge in [0, 0.05) is 44.8 Å². The lowest BCUT2D eigenvalue weighted by Gasteiger charge is -2.34. The fraction of sp³-hybridized carbons (Fsp3) is 0.647. The van der Waals surface area contributed by atoms with E-state index in [1.54, 1.807) is 4.90 Å². The number of anilines is 1. The molecule has 3 unspecified atom stereocenters.